The number of halogens is 3. The van der Waals surface area contributed by atoms with E-state index in [1.54, 1.807) is 0 Å². The van der Waals surface area contributed by atoms with E-state index in [1.165, 1.54) is 0 Å². The minimum Gasteiger partial charge on any atom is -0.370 e. The van der Waals surface area contributed by atoms with Gasteiger partial charge in [0.1, 0.15) is 0 Å². The first kappa shape index (κ1) is 16.3. The zero-order valence-corrected chi connectivity index (χ0v) is 11.7. The van der Waals surface area contributed by atoms with Gasteiger partial charge in [-0.25, -0.2) is 0 Å². The van der Waals surface area contributed by atoms with Crippen LogP contribution >= 0.6 is 0 Å². The number of alkyl halides is 3. The van der Waals surface area contributed by atoms with Crippen LogP contribution in [0.2, 0.25) is 0 Å². The largest absolute Gasteiger partial charge is 0.390 e. The highest BCUT2D eigenvalue weighted by Gasteiger charge is 2.26. The molecule has 0 fully saturated rings. The number of aliphatic imine (C=N–C) groups is 1. The molecule has 3 nitrogen and oxygen atoms in total. The summed E-state index contributed by atoms with van der Waals surface area (Å²) in [4.78, 5) is 3.72. The predicted octanol–water partition coefficient (Wildman–Crippen LogP) is 3.49. The van der Waals surface area contributed by atoms with E-state index in [0.29, 0.717) is 0 Å². The maximum atomic E-state index is 12.0. The van der Waals surface area contributed by atoms with Crippen molar-refractivity contribution in [2.75, 3.05) is 11.9 Å². The van der Waals surface area contributed by atoms with Crippen LogP contribution in [0.15, 0.2) is 23.2 Å². The van der Waals surface area contributed by atoms with Crippen molar-refractivity contribution >= 4 is 11.6 Å². The number of para-hydroxylation sites is 1. The van der Waals surface area contributed by atoms with E-state index in [9.17, 15) is 13.2 Å². The fourth-order valence-electron chi connectivity index (χ4n) is 1.87. The van der Waals surface area contributed by atoms with Gasteiger partial charge in [-0.05, 0) is 24.0 Å². The van der Waals surface area contributed by atoms with Crippen molar-refractivity contribution in [3.63, 3.8) is 0 Å². The molecular weight excluding hydrogens is 267 g/mol. The SMILES string of the molecule is CCc1cccc(CC)c1NC(N)=NCCC(F)(F)F. The zero-order valence-electron chi connectivity index (χ0n) is 11.7. The minimum atomic E-state index is -4.21. The predicted molar refractivity (Wildman–Crippen MR) is 76.0 cm³/mol. The Bertz CT molecular complexity index is 445. The van der Waals surface area contributed by atoms with Gasteiger partial charge in [-0.1, -0.05) is 32.0 Å². The Hall–Kier alpha value is -1.72. The van der Waals surface area contributed by atoms with E-state index >= 15 is 0 Å². The normalized spacial score (nSPS) is 12.6. The Balaban J connectivity index is 2.79. The van der Waals surface area contributed by atoms with Gasteiger partial charge in [0, 0.05) is 5.69 Å². The zero-order chi connectivity index (χ0) is 15.2. The number of guanidine groups is 1. The third kappa shape index (κ3) is 5.11. The van der Waals surface area contributed by atoms with Crippen LogP contribution in [-0.4, -0.2) is 18.7 Å². The molecule has 1 aromatic rings. The van der Waals surface area contributed by atoms with Gasteiger partial charge in [0.05, 0.1) is 13.0 Å². The van der Waals surface area contributed by atoms with Gasteiger partial charge < -0.3 is 11.1 Å². The van der Waals surface area contributed by atoms with Crippen molar-refractivity contribution in [3.8, 4) is 0 Å². The number of hydrogen-bond donors (Lipinski definition) is 2. The van der Waals surface area contributed by atoms with Crippen molar-refractivity contribution < 1.29 is 13.2 Å². The Labute approximate surface area is 117 Å². The van der Waals surface area contributed by atoms with Crippen LogP contribution in [0.5, 0.6) is 0 Å². The quantitative estimate of drug-likeness (QED) is 0.643. The monoisotopic (exact) mass is 287 g/mol. The van der Waals surface area contributed by atoms with Crippen LogP contribution in [-0.2, 0) is 12.8 Å². The molecule has 0 saturated heterocycles. The summed E-state index contributed by atoms with van der Waals surface area (Å²) in [5.74, 6) is 0.0184. The molecule has 112 valence electrons. The smallest absolute Gasteiger partial charge is 0.370 e. The Kier molecular flexibility index (Phi) is 5.85. The van der Waals surface area contributed by atoms with E-state index in [-0.39, 0.29) is 12.5 Å². The van der Waals surface area contributed by atoms with Gasteiger partial charge in [-0.2, -0.15) is 13.2 Å². The molecule has 0 aliphatic heterocycles. The molecule has 0 unspecified atom stereocenters. The summed E-state index contributed by atoms with van der Waals surface area (Å²) in [6.07, 6.45) is -3.55. The second-order valence-corrected chi connectivity index (χ2v) is 4.42. The van der Waals surface area contributed by atoms with Crippen LogP contribution in [0.4, 0.5) is 18.9 Å². The third-order valence-corrected chi connectivity index (χ3v) is 2.93. The van der Waals surface area contributed by atoms with Gasteiger partial charge in [0.25, 0.3) is 0 Å². The van der Waals surface area contributed by atoms with Gasteiger partial charge in [0.2, 0.25) is 0 Å². The number of nitrogens with one attached hydrogen (secondary N) is 1. The molecule has 0 aliphatic rings. The lowest BCUT2D eigenvalue weighted by molar-refractivity contribution is -0.132. The van der Waals surface area contributed by atoms with E-state index in [1.807, 2.05) is 32.0 Å². The maximum Gasteiger partial charge on any atom is 0.390 e. The molecule has 20 heavy (non-hydrogen) atoms. The van der Waals surface area contributed by atoms with Crippen LogP contribution in [0.3, 0.4) is 0 Å². The number of benzene rings is 1. The summed E-state index contributed by atoms with van der Waals surface area (Å²) in [6, 6.07) is 5.88. The Morgan fingerprint density at radius 2 is 1.75 bits per heavy atom. The van der Waals surface area contributed by atoms with Gasteiger partial charge in [-0.15, -0.1) is 0 Å². The summed E-state index contributed by atoms with van der Waals surface area (Å²) in [5, 5.41) is 2.93. The number of rotatable bonds is 5. The van der Waals surface area contributed by atoms with Crippen molar-refractivity contribution in [2.24, 2.45) is 10.7 Å². The summed E-state index contributed by atoms with van der Waals surface area (Å²) >= 11 is 0. The van der Waals surface area contributed by atoms with Gasteiger partial charge in [0.15, 0.2) is 5.96 Å². The van der Waals surface area contributed by atoms with Crippen molar-refractivity contribution in [3.05, 3.63) is 29.3 Å². The average molecular weight is 287 g/mol. The Morgan fingerprint density at radius 3 is 2.20 bits per heavy atom. The van der Waals surface area contributed by atoms with E-state index in [0.717, 1.165) is 29.7 Å². The molecular formula is C14H20F3N3. The molecule has 1 aromatic carbocycles. The van der Waals surface area contributed by atoms with Crippen molar-refractivity contribution in [1.82, 2.24) is 0 Å². The molecule has 0 bridgehead atoms. The van der Waals surface area contributed by atoms with Crippen molar-refractivity contribution in [1.29, 1.82) is 0 Å². The fourth-order valence-corrected chi connectivity index (χ4v) is 1.87. The second kappa shape index (κ2) is 7.17. The summed E-state index contributed by atoms with van der Waals surface area (Å²) in [7, 11) is 0. The van der Waals surface area contributed by atoms with Crippen LogP contribution in [0.25, 0.3) is 0 Å². The fraction of sp³-hybridized carbons (Fsp3) is 0.500. The summed E-state index contributed by atoms with van der Waals surface area (Å²) < 4.78 is 36.1. The first-order valence-electron chi connectivity index (χ1n) is 6.61. The van der Waals surface area contributed by atoms with Crippen LogP contribution < -0.4 is 11.1 Å². The average Bonchev–Trinajstić information content (AvgIpc) is 2.37. The second-order valence-electron chi connectivity index (χ2n) is 4.42. The lowest BCUT2D eigenvalue weighted by Crippen LogP contribution is -2.25. The van der Waals surface area contributed by atoms with E-state index in [2.05, 4.69) is 10.3 Å². The standard InChI is InChI=1S/C14H20F3N3/c1-3-10-6-5-7-11(4-2)12(10)20-13(18)19-9-8-14(15,16)17/h5-7H,3-4,8-9H2,1-2H3,(H3,18,19,20). The number of hydrogen-bond acceptors (Lipinski definition) is 1. The lowest BCUT2D eigenvalue weighted by Gasteiger charge is -2.15. The van der Waals surface area contributed by atoms with E-state index in [4.69, 9.17) is 5.73 Å². The molecule has 0 aromatic heterocycles. The lowest BCUT2D eigenvalue weighted by atomic mass is 10.0. The first-order valence-corrected chi connectivity index (χ1v) is 6.61. The number of aryl methyl sites for hydroxylation is 2. The van der Waals surface area contributed by atoms with Crippen LogP contribution in [0.1, 0.15) is 31.4 Å². The van der Waals surface area contributed by atoms with Gasteiger partial charge in [-0.3, -0.25) is 4.99 Å². The molecule has 0 aliphatic carbocycles. The highest BCUT2D eigenvalue weighted by molar-refractivity contribution is 5.93. The van der Waals surface area contributed by atoms with Gasteiger partial charge >= 0.3 is 6.18 Å². The molecule has 3 N–H and O–H groups in total. The molecule has 0 radical (unpaired) electrons. The molecule has 0 spiro atoms. The first-order chi connectivity index (χ1) is 9.37. The minimum absolute atomic E-state index is 0.0184. The topological polar surface area (TPSA) is 50.4 Å². The summed E-state index contributed by atoms with van der Waals surface area (Å²) in [5.41, 5.74) is 8.64. The number of nitrogens with zero attached hydrogens (tertiary/aromatic N) is 1. The molecule has 0 heterocycles. The maximum absolute atomic E-state index is 12.0. The third-order valence-electron chi connectivity index (χ3n) is 2.93. The Morgan fingerprint density at radius 1 is 1.20 bits per heavy atom. The summed E-state index contributed by atoms with van der Waals surface area (Å²) in [6.45, 7) is 3.66. The molecule has 0 atom stereocenters. The van der Waals surface area contributed by atoms with Crippen LogP contribution in [0, 0.1) is 0 Å². The number of nitrogens with two attached hydrogens (primary N) is 1. The number of anilines is 1. The highest BCUT2D eigenvalue weighted by atomic mass is 19.4. The molecule has 6 heteroatoms. The van der Waals surface area contributed by atoms with Crippen molar-refractivity contribution in [2.45, 2.75) is 39.3 Å². The molecule has 1 rings (SSSR count). The van der Waals surface area contributed by atoms with E-state index < -0.39 is 12.6 Å². The molecule has 0 saturated carbocycles. The highest BCUT2D eigenvalue weighted by Crippen LogP contribution is 2.22. The molecule has 0 amide bonds.